The summed E-state index contributed by atoms with van der Waals surface area (Å²) in [4.78, 5) is 11.2. The fourth-order valence-electron chi connectivity index (χ4n) is 1.21. The van der Waals surface area contributed by atoms with E-state index >= 15 is 0 Å². The molecule has 0 aliphatic heterocycles. The van der Waals surface area contributed by atoms with Gasteiger partial charge in [-0.3, -0.25) is 4.79 Å². The number of aldehydes is 1. The van der Waals surface area contributed by atoms with Crippen LogP contribution >= 0.6 is 0 Å². The van der Waals surface area contributed by atoms with Crippen LogP contribution in [0.15, 0.2) is 23.3 Å². The number of carbonyl (C=O) groups excluding carboxylic acids is 1. The third-order valence-electron chi connectivity index (χ3n) is 3.85. The van der Waals surface area contributed by atoms with E-state index in [-0.39, 0.29) is 10.8 Å². The van der Waals surface area contributed by atoms with Crippen LogP contribution in [0.4, 0.5) is 0 Å². The number of allylic oxidation sites excluding steroid dienone is 3. The first-order valence-electron chi connectivity index (χ1n) is 6.41. The molecule has 0 heterocycles. The van der Waals surface area contributed by atoms with Gasteiger partial charge in [-0.2, -0.15) is 0 Å². The van der Waals surface area contributed by atoms with Crippen molar-refractivity contribution >= 4 is 6.29 Å². The zero-order chi connectivity index (χ0) is 14.8. The second-order valence-electron chi connectivity index (χ2n) is 7.16. The van der Waals surface area contributed by atoms with Gasteiger partial charge in [0, 0.05) is 5.57 Å². The molecule has 0 aliphatic rings. The van der Waals surface area contributed by atoms with E-state index in [0.29, 0.717) is 5.57 Å². The van der Waals surface area contributed by atoms with Gasteiger partial charge in [0.05, 0.1) is 5.60 Å². The summed E-state index contributed by atoms with van der Waals surface area (Å²) in [6.07, 6.45) is 4.40. The van der Waals surface area contributed by atoms with Crippen LogP contribution < -0.4 is 0 Å². The van der Waals surface area contributed by atoms with E-state index in [2.05, 4.69) is 20.8 Å². The Morgan fingerprint density at radius 3 is 1.67 bits per heavy atom. The summed E-state index contributed by atoms with van der Waals surface area (Å²) in [6, 6.07) is 0. The maximum Gasteiger partial charge on any atom is 0.148 e. The van der Waals surface area contributed by atoms with Crippen LogP contribution in [-0.4, -0.2) is 17.0 Å². The Hall–Kier alpha value is -0.890. The minimum atomic E-state index is -1.14. The molecule has 0 rings (SSSR count). The zero-order valence-electron chi connectivity index (χ0n) is 13.1. The summed E-state index contributed by atoms with van der Waals surface area (Å²) < 4.78 is 0. The number of carbonyl (C=O) groups is 1. The van der Waals surface area contributed by atoms with E-state index in [0.717, 1.165) is 6.29 Å². The molecule has 0 spiro atoms. The Labute approximate surface area is 112 Å². The van der Waals surface area contributed by atoms with Gasteiger partial charge in [0.2, 0.25) is 0 Å². The molecule has 0 fully saturated rings. The largest absolute Gasteiger partial charge is 0.385 e. The SMILES string of the molecule is C/C(=C\C=C(/C=O)C(C)(O)C(C)(C)C)C(C)(C)C. The van der Waals surface area contributed by atoms with Gasteiger partial charge in [-0.25, -0.2) is 0 Å². The van der Waals surface area contributed by atoms with E-state index in [4.69, 9.17) is 0 Å². The van der Waals surface area contributed by atoms with Gasteiger partial charge in [-0.15, -0.1) is 0 Å². The van der Waals surface area contributed by atoms with Crippen LogP contribution in [0.3, 0.4) is 0 Å². The first-order chi connectivity index (χ1) is 7.84. The first-order valence-corrected chi connectivity index (χ1v) is 6.41. The molecular formula is C16H28O2. The Balaban J connectivity index is 5.44. The fourth-order valence-corrected chi connectivity index (χ4v) is 1.21. The molecule has 0 aromatic heterocycles. The Morgan fingerprint density at radius 2 is 1.39 bits per heavy atom. The number of aliphatic hydroxyl groups is 1. The van der Waals surface area contributed by atoms with Crippen LogP contribution in [0.1, 0.15) is 55.4 Å². The highest BCUT2D eigenvalue weighted by Gasteiger charge is 2.38. The molecule has 0 aromatic rings. The Bertz CT molecular complexity index is 358. The normalized spacial score (nSPS) is 18.5. The highest BCUT2D eigenvalue weighted by molar-refractivity contribution is 5.77. The molecular weight excluding hydrogens is 224 g/mol. The van der Waals surface area contributed by atoms with Crippen molar-refractivity contribution in [2.75, 3.05) is 0 Å². The van der Waals surface area contributed by atoms with Crippen LogP contribution in [-0.2, 0) is 4.79 Å². The van der Waals surface area contributed by atoms with E-state index in [9.17, 15) is 9.90 Å². The van der Waals surface area contributed by atoms with E-state index in [1.54, 1.807) is 13.0 Å². The van der Waals surface area contributed by atoms with E-state index in [1.807, 2.05) is 33.8 Å². The monoisotopic (exact) mass is 252 g/mol. The molecule has 2 nitrogen and oxygen atoms in total. The molecule has 0 saturated carbocycles. The summed E-state index contributed by atoms with van der Waals surface area (Å²) in [5.41, 5.74) is 0.134. The maximum absolute atomic E-state index is 11.2. The molecule has 0 radical (unpaired) electrons. The second kappa shape index (κ2) is 5.40. The highest BCUT2D eigenvalue weighted by Crippen LogP contribution is 2.35. The van der Waals surface area contributed by atoms with Gasteiger partial charge in [-0.05, 0) is 24.7 Å². The van der Waals surface area contributed by atoms with Crippen molar-refractivity contribution in [3.05, 3.63) is 23.3 Å². The smallest absolute Gasteiger partial charge is 0.148 e. The van der Waals surface area contributed by atoms with Crippen molar-refractivity contribution in [2.45, 2.75) is 61.0 Å². The molecule has 1 N–H and O–H groups in total. The van der Waals surface area contributed by atoms with E-state index < -0.39 is 5.60 Å². The highest BCUT2D eigenvalue weighted by atomic mass is 16.3. The van der Waals surface area contributed by atoms with Gasteiger partial charge >= 0.3 is 0 Å². The summed E-state index contributed by atoms with van der Waals surface area (Å²) in [7, 11) is 0. The van der Waals surface area contributed by atoms with Crippen molar-refractivity contribution in [2.24, 2.45) is 10.8 Å². The third kappa shape index (κ3) is 4.09. The standard InChI is InChI=1S/C16H28O2/c1-12(14(2,3)4)9-10-13(11-17)16(8,18)15(5,6)7/h9-11,18H,1-8H3/b12-9+,13-10+. The molecule has 0 aliphatic carbocycles. The average molecular weight is 252 g/mol. The third-order valence-corrected chi connectivity index (χ3v) is 3.85. The van der Waals surface area contributed by atoms with Gasteiger partial charge in [0.25, 0.3) is 0 Å². The molecule has 1 atom stereocenters. The van der Waals surface area contributed by atoms with Crippen molar-refractivity contribution in [3.8, 4) is 0 Å². The average Bonchev–Trinajstić information content (AvgIpc) is 2.14. The lowest BCUT2D eigenvalue weighted by Crippen LogP contribution is -2.42. The minimum Gasteiger partial charge on any atom is -0.385 e. The van der Waals surface area contributed by atoms with Crippen LogP contribution in [0.2, 0.25) is 0 Å². The summed E-state index contributed by atoms with van der Waals surface area (Å²) in [5.74, 6) is 0. The predicted molar refractivity (Wildman–Crippen MR) is 77.4 cm³/mol. The molecule has 104 valence electrons. The lowest BCUT2D eigenvalue weighted by Gasteiger charge is -2.37. The quantitative estimate of drug-likeness (QED) is 0.470. The number of hydrogen-bond donors (Lipinski definition) is 1. The number of hydrogen-bond acceptors (Lipinski definition) is 2. The minimum absolute atomic E-state index is 0.0675. The molecule has 2 heteroatoms. The summed E-state index contributed by atoms with van der Waals surface area (Å²) >= 11 is 0. The van der Waals surface area contributed by atoms with Crippen molar-refractivity contribution in [1.29, 1.82) is 0 Å². The maximum atomic E-state index is 11.2. The van der Waals surface area contributed by atoms with Crippen molar-refractivity contribution in [3.63, 3.8) is 0 Å². The predicted octanol–water partition coefficient (Wildman–Crippen LogP) is 3.90. The molecule has 18 heavy (non-hydrogen) atoms. The van der Waals surface area contributed by atoms with Gasteiger partial charge in [0.15, 0.2) is 0 Å². The Kier molecular flexibility index (Phi) is 5.13. The second-order valence-corrected chi connectivity index (χ2v) is 7.16. The summed E-state index contributed by atoms with van der Waals surface area (Å²) in [6.45, 7) is 15.8. The van der Waals surface area contributed by atoms with Gasteiger partial charge in [-0.1, -0.05) is 59.3 Å². The van der Waals surface area contributed by atoms with Gasteiger partial charge in [0.1, 0.15) is 6.29 Å². The van der Waals surface area contributed by atoms with Crippen molar-refractivity contribution < 1.29 is 9.90 Å². The number of rotatable bonds is 3. The lowest BCUT2D eigenvalue weighted by atomic mass is 9.73. The van der Waals surface area contributed by atoms with E-state index in [1.165, 1.54) is 5.57 Å². The molecule has 1 unspecified atom stereocenters. The molecule has 0 bridgehead atoms. The summed E-state index contributed by atoms with van der Waals surface area (Å²) in [5, 5.41) is 10.5. The van der Waals surface area contributed by atoms with Crippen molar-refractivity contribution in [1.82, 2.24) is 0 Å². The lowest BCUT2D eigenvalue weighted by molar-refractivity contribution is -0.108. The van der Waals surface area contributed by atoms with Gasteiger partial charge < -0.3 is 5.11 Å². The van der Waals surface area contributed by atoms with Crippen LogP contribution in [0.5, 0.6) is 0 Å². The molecule has 0 amide bonds. The van der Waals surface area contributed by atoms with Crippen LogP contribution in [0.25, 0.3) is 0 Å². The fraction of sp³-hybridized carbons (Fsp3) is 0.688. The molecule has 0 saturated heterocycles. The molecule has 0 aromatic carbocycles. The van der Waals surface area contributed by atoms with Crippen LogP contribution in [0, 0.1) is 10.8 Å². The first kappa shape index (κ1) is 17.1. The zero-order valence-corrected chi connectivity index (χ0v) is 13.1. The topological polar surface area (TPSA) is 37.3 Å². The Morgan fingerprint density at radius 1 is 0.944 bits per heavy atom.